The van der Waals surface area contributed by atoms with E-state index in [-0.39, 0.29) is 10.8 Å². The summed E-state index contributed by atoms with van der Waals surface area (Å²) in [5.41, 5.74) is 0. The quantitative estimate of drug-likeness (QED) is 0.703. The second kappa shape index (κ2) is 8.14. The van der Waals surface area contributed by atoms with Gasteiger partial charge in [-0.2, -0.15) is 4.31 Å². The number of amides is 1. The Hall–Kier alpha value is -1.80. The Morgan fingerprint density at radius 3 is 2.41 bits per heavy atom. The van der Waals surface area contributed by atoms with Crippen LogP contribution in [0.2, 0.25) is 0 Å². The molecule has 160 valence electrons. The first-order valence-corrected chi connectivity index (χ1v) is 11.9. The molecule has 1 amide bonds. The van der Waals surface area contributed by atoms with Crippen molar-refractivity contribution in [2.45, 2.75) is 37.0 Å². The number of piperazine rings is 1. The summed E-state index contributed by atoms with van der Waals surface area (Å²) in [6.45, 7) is 1.46. The largest absolute Gasteiger partial charge is 0.497 e. The van der Waals surface area contributed by atoms with E-state index in [1.807, 2.05) is 4.90 Å². The van der Waals surface area contributed by atoms with Crippen molar-refractivity contribution < 1.29 is 22.7 Å². The van der Waals surface area contributed by atoms with Gasteiger partial charge in [0.05, 0.1) is 14.2 Å². The maximum absolute atomic E-state index is 13.2. The first-order chi connectivity index (χ1) is 13.9. The van der Waals surface area contributed by atoms with Crippen LogP contribution >= 0.6 is 0 Å². The minimum Gasteiger partial charge on any atom is -0.497 e. The normalized spacial score (nSPS) is 27.2. The maximum Gasteiger partial charge on any atom is 0.247 e. The van der Waals surface area contributed by atoms with Crippen molar-refractivity contribution in [2.75, 3.05) is 40.4 Å². The van der Waals surface area contributed by atoms with Crippen molar-refractivity contribution in [3.8, 4) is 11.5 Å². The molecule has 8 heteroatoms. The molecule has 2 saturated carbocycles. The van der Waals surface area contributed by atoms with Gasteiger partial charge in [-0.15, -0.1) is 0 Å². The Bertz CT molecular complexity index is 864. The van der Waals surface area contributed by atoms with Crippen molar-refractivity contribution >= 4 is 15.9 Å². The highest BCUT2D eigenvalue weighted by Crippen LogP contribution is 2.49. The van der Waals surface area contributed by atoms with E-state index >= 15 is 0 Å². The van der Waals surface area contributed by atoms with Crippen LogP contribution in [0.3, 0.4) is 0 Å². The fraction of sp³-hybridized carbons (Fsp3) is 0.667. The molecule has 1 saturated heterocycles. The van der Waals surface area contributed by atoms with E-state index in [4.69, 9.17) is 9.47 Å². The molecule has 7 nitrogen and oxygen atoms in total. The van der Waals surface area contributed by atoms with Gasteiger partial charge in [-0.3, -0.25) is 4.79 Å². The second-order valence-corrected chi connectivity index (χ2v) is 10.3. The first kappa shape index (κ1) is 20.5. The Morgan fingerprint density at radius 1 is 1.07 bits per heavy atom. The molecule has 0 unspecified atom stereocenters. The summed E-state index contributed by atoms with van der Waals surface area (Å²) in [5, 5.41) is 0. The van der Waals surface area contributed by atoms with Crippen molar-refractivity contribution in [2.24, 2.45) is 17.8 Å². The average molecular weight is 423 g/mol. The molecule has 1 aromatic rings. The summed E-state index contributed by atoms with van der Waals surface area (Å²) in [7, 11) is -0.775. The molecule has 0 spiro atoms. The monoisotopic (exact) mass is 422 g/mol. The lowest BCUT2D eigenvalue weighted by Gasteiger charge is -2.35. The van der Waals surface area contributed by atoms with Gasteiger partial charge in [-0.25, -0.2) is 8.42 Å². The third-order valence-electron chi connectivity index (χ3n) is 6.90. The second-order valence-electron chi connectivity index (χ2n) is 8.44. The summed E-state index contributed by atoms with van der Waals surface area (Å²) in [4.78, 5) is 14.7. The molecule has 2 bridgehead atoms. The highest BCUT2D eigenvalue weighted by molar-refractivity contribution is 7.89. The molecule has 0 radical (unpaired) electrons. The number of carbonyl (C=O) groups excluding carboxylic acids is 1. The van der Waals surface area contributed by atoms with Crippen molar-refractivity contribution in [1.82, 2.24) is 9.21 Å². The van der Waals surface area contributed by atoms with Gasteiger partial charge in [0.2, 0.25) is 15.9 Å². The van der Waals surface area contributed by atoms with E-state index in [1.54, 1.807) is 12.1 Å². The highest BCUT2D eigenvalue weighted by atomic mass is 32.2. The Balaban J connectivity index is 1.39. The van der Waals surface area contributed by atoms with Crippen LogP contribution in [0.25, 0.3) is 0 Å². The number of fused-ring (bicyclic) bond motifs is 2. The van der Waals surface area contributed by atoms with E-state index in [9.17, 15) is 13.2 Å². The smallest absolute Gasteiger partial charge is 0.247 e. The highest BCUT2D eigenvalue weighted by Gasteiger charge is 2.41. The van der Waals surface area contributed by atoms with Gasteiger partial charge in [0.1, 0.15) is 16.4 Å². The van der Waals surface area contributed by atoms with E-state index in [0.717, 1.165) is 11.8 Å². The number of hydrogen-bond acceptors (Lipinski definition) is 5. The van der Waals surface area contributed by atoms with Gasteiger partial charge < -0.3 is 14.4 Å². The van der Waals surface area contributed by atoms with Crippen LogP contribution in [-0.4, -0.2) is 63.9 Å². The van der Waals surface area contributed by atoms with Gasteiger partial charge in [0.15, 0.2) is 0 Å². The summed E-state index contributed by atoms with van der Waals surface area (Å²) in [6, 6.07) is 4.76. The van der Waals surface area contributed by atoms with Crippen molar-refractivity contribution in [3.05, 3.63) is 18.2 Å². The SMILES string of the molecule is COc1ccc(OC)c(S(=O)(=O)N2CCN(C(=O)C[C@@H]3C[C@H]4CC[C@@H]3C4)CC2)c1. The molecule has 2 aliphatic carbocycles. The van der Waals surface area contributed by atoms with E-state index < -0.39 is 10.0 Å². The molecule has 0 aromatic heterocycles. The Labute approximate surface area is 173 Å². The summed E-state index contributed by atoms with van der Waals surface area (Å²) < 4.78 is 38.2. The third-order valence-corrected chi connectivity index (χ3v) is 8.82. The van der Waals surface area contributed by atoms with Crippen LogP contribution < -0.4 is 9.47 Å². The zero-order valence-corrected chi connectivity index (χ0v) is 18.0. The van der Waals surface area contributed by atoms with Gasteiger partial charge >= 0.3 is 0 Å². The van der Waals surface area contributed by atoms with Crippen LogP contribution in [0.15, 0.2) is 23.1 Å². The van der Waals surface area contributed by atoms with Crippen LogP contribution in [0.4, 0.5) is 0 Å². The third kappa shape index (κ3) is 3.97. The standard InChI is InChI=1S/C21H30N2O5S/c1-27-18-5-6-19(28-2)20(14-18)29(25,26)23-9-7-22(8-10-23)21(24)13-17-12-15-3-4-16(17)11-15/h5-6,14-17H,3-4,7-13H2,1-2H3/t15-,16+,17-/m0/s1. The zero-order chi connectivity index (χ0) is 20.6. The average Bonchev–Trinajstić information content (AvgIpc) is 3.36. The predicted octanol–water partition coefficient (Wildman–Crippen LogP) is 2.36. The summed E-state index contributed by atoms with van der Waals surface area (Å²) >= 11 is 0. The van der Waals surface area contributed by atoms with Crippen molar-refractivity contribution in [3.63, 3.8) is 0 Å². The number of nitrogens with zero attached hydrogens (tertiary/aromatic N) is 2. The van der Waals surface area contributed by atoms with E-state index in [1.165, 1.54) is 50.3 Å². The fourth-order valence-corrected chi connectivity index (χ4v) is 6.88. The molecule has 1 aliphatic heterocycles. The zero-order valence-electron chi connectivity index (χ0n) is 17.2. The number of methoxy groups -OCH3 is 2. The molecule has 0 N–H and O–H groups in total. The first-order valence-electron chi connectivity index (χ1n) is 10.4. The van der Waals surface area contributed by atoms with E-state index in [2.05, 4.69) is 0 Å². The number of ether oxygens (including phenoxy) is 2. The molecule has 3 atom stereocenters. The number of sulfonamides is 1. The van der Waals surface area contributed by atoms with Crippen LogP contribution in [-0.2, 0) is 14.8 Å². The van der Waals surface area contributed by atoms with Gasteiger partial charge in [0.25, 0.3) is 0 Å². The molecule has 1 heterocycles. The topological polar surface area (TPSA) is 76.2 Å². The minimum absolute atomic E-state index is 0.0982. The Kier molecular flexibility index (Phi) is 5.75. The van der Waals surface area contributed by atoms with Gasteiger partial charge in [-0.1, -0.05) is 6.42 Å². The lowest BCUT2D eigenvalue weighted by molar-refractivity contribution is -0.133. The maximum atomic E-state index is 13.2. The fourth-order valence-electron chi connectivity index (χ4n) is 5.28. The minimum atomic E-state index is -3.73. The summed E-state index contributed by atoms with van der Waals surface area (Å²) in [6.07, 6.45) is 5.72. The van der Waals surface area contributed by atoms with Crippen LogP contribution in [0.5, 0.6) is 11.5 Å². The predicted molar refractivity (Wildman–Crippen MR) is 108 cm³/mol. The molecular weight excluding hydrogens is 392 g/mol. The number of carbonyl (C=O) groups is 1. The summed E-state index contributed by atoms with van der Waals surface area (Å²) in [5.74, 6) is 3.02. The van der Waals surface area contributed by atoms with Gasteiger partial charge in [-0.05, 0) is 49.1 Å². The van der Waals surface area contributed by atoms with Crippen LogP contribution in [0, 0.1) is 17.8 Å². The molecule has 3 fully saturated rings. The molecule has 3 aliphatic rings. The lowest BCUT2D eigenvalue weighted by Crippen LogP contribution is -2.50. The van der Waals surface area contributed by atoms with Crippen LogP contribution in [0.1, 0.15) is 32.1 Å². The number of benzene rings is 1. The van der Waals surface area contributed by atoms with Crippen molar-refractivity contribution in [1.29, 1.82) is 0 Å². The number of hydrogen-bond donors (Lipinski definition) is 0. The lowest BCUT2D eigenvalue weighted by atomic mass is 9.86. The van der Waals surface area contributed by atoms with Gasteiger partial charge in [0, 0.05) is 38.7 Å². The molecular formula is C21H30N2O5S. The van der Waals surface area contributed by atoms with E-state index in [0.29, 0.717) is 50.0 Å². The molecule has 29 heavy (non-hydrogen) atoms. The Morgan fingerprint density at radius 2 is 1.83 bits per heavy atom. The molecule has 4 rings (SSSR count). The number of rotatable bonds is 6. The molecule has 1 aromatic carbocycles.